The van der Waals surface area contributed by atoms with Gasteiger partial charge >= 0.3 is 0 Å². The first-order valence-electron chi connectivity index (χ1n) is 9.38. The third-order valence-electron chi connectivity index (χ3n) is 5.33. The fraction of sp³-hybridized carbons (Fsp3) is 0.350. The molecule has 0 saturated heterocycles. The molecule has 1 amide bonds. The highest BCUT2D eigenvalue weighted by molar-refractivity contribution is 7.18. The van der Waals surface area contributed by atoms with Gasteiger partial charge in [-0.05, 0) is 30.7 Å². The molecule has 1 aromatic carbocycles. The van der Waals surface area contributed by atoms with Crippen LogP contribution in [-0.4, -0.2) is 22.3 Å². The van der Waals surface area contributed by atoms with E-state index in [1.807, 2.05) is 0 Å². The van der Waals surface area contributed by atoms with E-state index < -0.39 is 0 Å². The average molecular weight is 432 g/mol. The van der Waals surface area contributed by atoms with Gasteiger partial charge in [0.15, 0.2) is 11.5 Å². The van der Waals surface area contributed by atoms with Crippen LogP contribution >= 0.6 is 22.9 Å². The largest absolute Gasteiger partial charge is 0.454 e. The summed E-state index contributed by atoms with van der Waals surface area (Å²) in [6.45, 7) is 2.20. The number of amides is 1. The molecular weight excluding hydrogens is 414 g/mol. The van der Waals surface area contributed by atoms with E-state index >= 15 is 0 Å². The zero-order valence-corrected chi connectivity index (χ0v) is 17.2. The fourth-order valence-corrected chi connectivity index (χ4v) is 5.38. The van der Waals surface area contributed by atoms with Crippen molar-refractivity contribution in [3.63, 3.8) is 0 Å². The number of benzene rings is 1. The number of ether oxygens (including phenoxy) is 2. The van der Waals surface area contributed by atoms with Gasteiger partial charge in [-0.3, -0.25) is 14.2 Å². The van der Waals surface area contributed by atoms with Gasteiger partial charge in [0, 0.05) is 17.0 Å². The maximum absolute atomic E-state index is 13.0. The van der Waals surface area contributed by atoms with Crippen molar-refractivity contribution in [2.45, 2.75) is 32.7 Å². The van der Waals surface area contributed by atoms with Crippen LogP contribution in [0.1, 0.15) is 23.8 Å². The molecule has 1 aliphatic heterocycles. The van der Waals surface area contributed by atoms with Crippen LogP contribution in [0, 0.1) is 5.92 Å². The number of nitrogens with zero attached hydrogens (tertiary/aromatic N) is 2. The molecule has 1 N–H and O–H groups in total. The van der Waals surface area contributed by atoms with Crippen molar-refractivity contribution in [3.8, 4) is 11.5 Å². The number of fused-ring (bicyclic) bond motifs is 4. The molecule has 0 saturated carbocycles. The highest BCUT2D eigenvalue weighted by atomic mass is 35.5. The number of aromatic nitrogens is 2. The standard InChI is InChI=1S/C20H18ClN3O4S/c1-10-2-3-11-16(4-10)29-19-18(11)20(26)24(8-22-19)7-17(25)23-13-6-15-14(5-12(13)21)27-9-28-15/h5-6,8,10H,2-4,7,9H2,1H3,(H,23,25). The Bertz CT molecular complexity index is 1200. The van der Waals surface area contributed by atoms with Crippen LogP contribution in [0.3, 0.4) is 0 Å². The monoisotopic (exact) mass is 431 g/mol. The first-order valence-corrected chi connectivity index (χ1v) is 10.6. The van der Waals surface area contributed by atoms with Gasteiger partial charge in [0.1, 0.15) is 11.4 Å². The summed E-state index contributed by atoms with van der Waals surface area (Å²) in [6, 6.07) is 3.21. The minimum Gasteiger partial charge on any atom is -0.454 e. The lowest BCUT2D eigenvalue weighted by Crippen LogP contribution is -2.28. The first kappa shape index (κ1) is 18.4. The van der Waals surface area contributed by atoms with Crippen molar-refractivity contribution < 1.29 is 14.3 Å². The minimum absolute atomic E-state index is 0.119. The summed E-state index contributed by atoms with van der Waals surface area (Å²) in [6.07, 6.45) is 4.38. The molecule has 0 bridgehead atoms. The molecule has 0 radical (unpaired) electrons. The van der Waals surface area contributed by atoms with E-state index in [4.69, 9.17) is 21.1 Å². The summed E-state index contributed by atoms with van der Waals surface area (Å²) in [7, 11) is 0. The van der Waals surface area contributed by atoms with Crippen LogP contribution in [0.25, 0.3) is 10.2 Å². The van der Waals surface area contributed by atoms with Gasteiger partial charge in [-0.2, -0.15) is 0 Å². The second kappa shape index (κ2) is 7.03. The quantitative estimate of drug-likeness (QED) is 0.685. The van der Waals surface area contributed by atoms with Crippen molar-refractivity contribution in [1.29, 1.82) is 0 Å². The molecule has 9 heteroatoms. The predicted molar refractivity (Wildman–Crippen MR) is 111 cm³/mol. The summed E-state index contributed by atoms with van der Waals surface area (Å²) in [4.78, 5) is 32.0. The molecule has 3 aromatic rings. The van der Waals surface area contributed by atoms with Gasteiger partial charge in [0.2, 0.25) is 12.7 Å². The Hall–Kier alpha value is -2.58. The number of hydrogen-bond acceptors (Lipinski definition) is 6. The Morgan fingerprint density at radius 2 is 2.17 bits per heavy atom. The number of anilines is 1. The molecule has 1 atom stereocenters. The van der Waals surface area contributed by atoms with E-state index in [2.05, 4.69) is 17.2 Å². The van der Waals surface area contributed by atoms with E-state index in [1.54, 1.807) is 23.5 Å². The molecule has 1 aliphatic carbocycles. The lowest BCUT2D eigenvalue weighted by molar-refractivity contribution is -0.116. The molecule has 2 aliphatic rings. The zero-order chi connectivity index (χ0) is 20.1. The molecule has 5 rings (SSSR count). The number of hydrogen-bond donors (Lipinski definition) is 1. The number of halogens is 1. The smallest absolute Gasteiger partial charge is 0.262 e. The zero-order valence-electron chi connectivity index (χ0n) is 15.7. The topological polar surface area (TPSA) is 82.5 Å². The highest BCUT2D eigenvalue weighted by Crippen LogP contribution is 2.39. The normalized spacial score (nSPS) is 17.4. The summed E-state index contributed by atoms with van der Waals surface area (Å²) >= 11 is 7.80. The van der Waals surface area contributed by atoms with Crippen molar-refractivity contribution in [1.82, 2.24) is 9.55 Å². The number of nitrogens with one attached hydrogen (secondary N) is 1. The third-order valence-corrected chi connectivity index (χ3v) is 6.81. The highest BCUT2D eigenvalue weighted by Gasteiger charge is 2.24. The summed E-state index contributed by atoms with van der Waals surface area (Å²) in [5, 5.41) is 3.73. The van der Waals surface area contributed by atoms with Crippen LogP contribution in [0.4, 0.5) is 5.69 Å². The van der Waals surface area contributed by atoms with E-state index in [9.17, 15) is 9.59 Å². The lowest BCUT2D eigenvalue weighted by atomic mass is 9.89. The van der Waals surface area contributed by atoms with E-state index in [-0.39, 0.29) is 24.8 Å². The van der Waals surface area contributed by atoms with Gasteiger partial charge < -0.3 is 14.8 Å². The Kier molecular flexibility index (Phi) is 4.48. The second-order valence-electron chi connectivity index (χ2n) is 7.44. The molecule has 150 valence electrons. The van der Waals surface area contributed by atoms with Gasteiger partial charge in [0.25, 0.3) is 5.56 Å². The molecule has 0 spiro atoms. The van der Waals surface area contributed by atoms with Crippen LogP contribution in [0.5, 0.6) is 11.5 Å². The summed E-state index contributed by atoms with van der Waals surface area (Å²) < 4.78 is 11.9. The van der Waals surface area contributed by atoms with Crippen LogP contribution < -0.4 is 20.3 Å². The average Bonchev–Trinajstić information content (AvgIpc) is 3.27. The Morgan fingerprint density at radius 3 is 3.00 bits per heavy atom. The molecule has 1 unspecified atom stereocenters. The number of aryl methyl sites for hydroxylation is 1. The number of rotatable bonds is 3. The van der Waals surface area contributed by atoms with Crippen molar-refractivity contribution in [2.75, 3.05) is 12.1 Å². The minimum atomic E-state index is -0.369. The number of thiophene rings is 1. The van der Waals surface area contributed by atoms with Gasteiger partial charge in [-0.25, -0.2) is 4.98 Å². The molecule has 29 heavy (non-hydrogen) atoms. The molecular formula is C20H18ClN3O4S. The van der Waals surface area contributed by atoms with Crippen LogP contribution in [0.2, 0.25) is 5.02 Å². The number of carbonyl (C=O) groups excluding carboxylic acids is 1. The SMILES string of the molecule is CC1CCc2c(sc3ncn(CC(=O)Nc4cc5c(cc4Cl)OCO5)c(=O)c23)C1. The Balaban J connectivity index is 1.41. The van der Waals surface area contributed by atoms with Gasteiger partial charge in [-0.15, -0.1) is 11.3 Å². The first-order chi connectivity index (χ1) is 14.0. The van der Waals surface area contributed by atoms with E-state index in [0.717, 1.165) is 29.7 Å². The van der Waals surface area contributed by atoms with Crippen LogP contribution in [-0.2, 0) is 24.2 Å². The van der Waals surface area contributed by atoms with Gasteiger partial charge in [0.05, 0.1) is 22.4 Å². The van der Waals surface area contributed by atoms with Crippen molar-refractivity contribution >= 4 is 44.7 Å². The summed E-state index contributed by atoms with van der Waals surface area (Å²) in [5.41, 5.74) is 1.34. The fourth-order valence-electron chi connectivity index (χ4n) is 3.84. The second-order valence-corrected chi connectivity index (χ2v) is 8.93. The Labute approximate surface area is 175 Å². The summed E-state index contributed by atoms with van der Waals surface area (Å²) in [5.74, 6) is 1.31. The predicted octanol–water partition coefficient (Wildman–Crippen LogP) is 3.60. The number of carbonyl (C=O) groups is 1. The lowest BCUT2D eigenvalue weighted by Gasteiger charge is -2.17. The van der Waals surface area contributed by atoms with E-state index in [1.165, 1.54) is 15.8 Å². The van der Waals surface area contributed by atoms with Crippen molar-refractivity contribution in [3.05, 3.63) is 44.3 Å². The van der Waals surface area contributed by atoms with Crippen LogP contribution in [0.15, 0.2) is 23.3 Å². The van der Waals surface area contributed by atoms with Gasteiger partial charge in [-0.1, -0.05) is 18.5 Å². The van der Waals surface area contributed by atoms with E-state index in [0.29, 0.717) is 33.5 Å². The molecule has 0 fully saturated rings. The molecule has 7 nitrogen and oxygen atoms in total. The molecule has 2 aromatic heterocycles. The third kappa shape index (κ3) is 3.26. The maximum Gasteiger partial charge on any atom is 0.262 e. The maximum atomic E-state index is 13.0. The van der Waals surface area contributed by atoms with Crippen molar-refractivity contribution in [2.24, 2.45) is 5.92 Å². The molecule has 3 heterocycles. The Morgan fingerprint density at radius 1 is 1.38 bits per heavy atom.